The Morgan fingerprint density at radius 3 is 2.45 bits per heavy atom. The van der Waals surface area contributed by atoms with Gasteiger partial charge in [0.05, 0.1) is 5.92 Å². The van der Waals surface area contributed by atoms with E-state index in [-0.39, 0.29) is 5.92 Å². The lowest BCUT2D eigenvalue weighted by Crippen LogP contribution is -2.28. The molecule has 1 aromatic rings. The van der Waals surface area contributed by atoms with Crippen LogP contribution in [0.3, 0.4) is 0 Å². The Morgan fingerprint density at radius 1 is 1.30 bits per heavy atom. The van der Waals surface area contributed by atoms with Gasteiger partial charge in [0.2, 0.25) is 0 Å². The zero-order chi connectivity index (χ0) is 14.5. The van der Waals surface area contributed by atoms with Crippen molar-refractivity contribution in [1.82, 2.24) is 4.90 Å². The molecule has 1 aliphatic rings. The van der Waals surface area contributed by atoms with Crippen LogP contribution in [0, 0.1) is 5.92 Å². The second-order valence-corrected chi connectivity index (χ2v) is 6.16. The molecule has 0 bridgehead atoms. The fourth-order valence-corrected chi connectivity index (χ4v) is 3.08. The predicted molar refractivity (Wildman–Crippen MR) is 80.8 cm³/mol. The number of carboxylic acid groups (broad SMARTS) is 1. The fraction of sp³-hybridized carbons (Fsp3) is 0.588. The van der Waals surface area contributed by atoms with Crippen molar-refractivity contribution in [2.24, 2.45) is 5.92 Å². The van der Waals surface area contributed by atoms with Crippen LogP contribution in [-0.4, -0.2) is 29.6 Å². The smallest absolute Gasteiger partial charge is 0.307 e. The number of nitrogens with zero attached hydrogens (tertiary/aromatic N) is 1. The first-order valence-electron chi connectivity index (χ1n) is 7.56. The molecular weight excluding hydrogens is 250 g/mol. The highest BCUT2D eigenvalue weighted by Crippen LogP contribution is 2.33. The van der Waals surface area contributed by atoms with Crippen molar-refractivity contribution in [3.63, 3.8) is 0 Å². The number of hydrogen-bond donors (Lipinski definition) is 1. The van der Waals surface area contributed by atoms with Crippen molar-refractivity contribution in [3.05, 3.63) is 35.4 Å². The maximum Gasteiger partial charge on any atom is 0.307 e. The van der Waals surface area contributed by atoms with E-state index in [4.69, 9.17) is 5.11 Å². The Kier molecular flexibility index (Phi) is 5.18. The van der Waals surface area contributed by atoms with Gasteiger partial charge in [-0.1, -0.05) is 44.0 Å². The van der Waals surface area contributed by atoms with E-state index in [0.29, 0.717) is 6.54 Å². The number of carbonyl (C=O) groups is 1. The molecule has 1 aliphatic carbocycles. The Bertz CT molecular complexity index is 435. The molecule has 3 heteroatoms. The van der Waals surface area contributed by atoms with Gasteiger partial charge < -0.3 is 10.0 Å². The summed E-state index contributed by atoms with van der Waals surface area (Å²) in [6.45, 7) is 3.14. The highest BCUT2D eigenvalue weighted by atomic mass is 16.4. The Morgan fingerprint density at radius 2 is 1.90 bits per heavy atom. The molecule has 20 heavy (non-hydrogen) atoms. The number of aliphatic carboxylic acids is 1. The number of benzene rings is 1. The zero-order valence-corrected chi connectivity index (χ0v) is 12.5. The summed E-state index contributed by atoms with van der Waals surface area (Å²) in [7, 11) is 1.98. The van der Waals surface area contributed by atoms with Gasteiger partial charge in [0, 0.05) is 13.1 Å². The lowest BCUT2D eigenvalue weighted by Gasteiger charge is -2.19. The van der Waals surface area contributed by atoms with E-state index in [1.165, 1.54) is 36.8 Å². The van der Waals surface area contributed by atoms with Crippen LogP contribution in [0.1, 0.15) is 49.7 Å². The molecule has 1 aromatic carbocycles. The van der Waals surface area contributed by atoms with Crippen molar-refractivity contribution >= 4 is 5.97 Å². The van der Waals surface area contributed by atoms with Crippen molar-refractivity contribution in [3.8, 4) is 0 Å². The van der Waals surface area contributed by atoms with Gasteiger partial charge in [-0.05, 0) is 36.9 Å². The van der Waals surface area contributed by atoms with Gasteiger partial charge in [0.1, 0.15) is 0 Å². The normalized spacial score (nSPS) is 17.6. The maximum atomic E-state index is 10.9. The third-order valence-electron chi connectivity index (χ3n) is 4.27. The molecule has 2 rings (SSSR count). The van der Waals surface area contributed by atoms with Crippen LogP contribution in [0.5, 0.6) is 0 Å². The van der Waals surface area contributed by atoms with Crippen LogP contribution in [0.15, 0.2) is 24.3 Å². The molecule has 0 heterocycles. The van der Waals surface area contributed by atoms with Gasteiger partial charge in [-0.15, -0.1) is 0 Å². The molecule has 1 N–H and O–H groups in total. The summed E-state index contributed by atoms with van der Waals surface area (Å²) >= 11 is 0. The van der Waals surface area contributed by atoms with Crippen molar-refractivity contribution in [1.29, 1.82) is 0 Å². The Balaban J connectivity index is 1.88. The molecule has 0 aliphatic heterocycles. The molecule has 1 fully saturated rings. The lowest BCUT2D eigenvalue weighted by molar-refractivity contribution is -0.141. The van der Waals surface area contributed by atoms with Crippen molar-refractivity contribution in [2.75, 3.05) is 13.6 Å². The van der Waals surface area contributed by atoms with Crippen LogP contribution < -0.4 is 0 Å². The zero-order valence-electron chi connectivity index (χ0n) is 12.5. The second-order valence-electron chi connectivity index (χ2n) is 6.16. The quantitative estimate of drug-likeness (QED) is 0.864. The second kappa shape index (κ2) is 6.89. The monoisotopic (exact) mass is 275 g/mol. The first-order valence-corrected chi connectivity index (χ1v) is 7.56. The average Bonchev–Trinajstić information content (AvgIpc) is 2.93. The van der Waals surface area contributed by atoms with Gasteiger partial charge in [-0.25, -0.2) is 0 Å². The third-order valence-corrected chi connectivity index (χ3v) is 4.27. The average molecular weight is 275 g/mol. The Hall–Kier alpha value is -1.35. The summed E-state index contributed by atoms with van der Waals surface area (Å²) in [5.74, 6) is -0.292. The lowest BCUT2D eigenvalue weighted by atomic mass is 9.96. The summed E-state index contributed by atoms with van der Waals surface area (Å²) in [5, 5.41) is 8.93. The molecule has 0 radical (unpaired) electrons. The van der Waals surface area contributed by atoms with E-state index in [2.05, 4.69) is 29.2 Å². The molecule has 0 saturated heterocycles. The van der Waals surface area contributed by atoms with Crippen molar-refractivity contribution in [2.45, 2.75) is 45.1 Å². The van der Waals surface area contributed by atoms with E-state index < -0.39 is 5.97 Å². The summed E-state index contributed by atoms with van der Waals surface area (Å²) in [6.07, 6.45) is 5.38. The van der Waals surface area contributed by atoms with Gasteiger partial charge in [-0.2, -0.15) is 0 Å². The molecule has 0 spiro atoms. The highest BCUT2D eigenvalue weighted by molar-refractivity contribution is 5.69. The topological polar surface area (TPSA) is 40.5 Å². The first-order chi connectivity index (χ1) is 9.56. The largest absolute Gasteiger partial charge is 0.481 e. The van der Waals surface area contributed by atoms with Crippen LogP contribution >= 0.6 is 0 Å². The summed E-state index contributed by atoms with van der Waals surface area (Å²) in [6, 6.07) is 8.88. The summed E-state index contributed by atoms with van der Waals surface area (Å²) < 4.78 is 0. The van der Waals surface area contributed by atoms with Gasteiger partial charge in [0.25, 0.3) is 0 Å². The van der Waals surface area contributed by atoms with Gasteiger partial charge in [0.15, 0.2) is 0 Å². The molecule has 1 atom stereocenters. The van der Waals surface area contributed by atoms with Crippen LogP contribution in [0.25, 0.3) is 0 Å². The molecular formula is C17H25NO2. The SMILES string of the molecule is CC(CN(C)Cc1ccc(C2CCCC2)cc1)C(=O)O. The third kappa shape index (κ3) is 4.07. The van der Waals surface area contributed by atoms with E-state index in [0.717, 1.165) is 12.5 Å². The first kappa shape index (κ1) is 15.0. The number of hydrogen-bond acceptors (Lipinski definition) is 2. The van der Waals surface area contributed by atoms with E-state index >= 15 is 0 Å². The minimum atomic E-state index is -0.728. The fourth-order valence-electron chi connectivity index (χ4n) is 3.08. The molecule has 1 saturated carbocycles. The van der Waals surface area contributed by atoms with Crippen LogP contribution in [0.2, 0.25) is 0 Å². The van der Waals surface area contributed by atoms with E-state index in [1.54, 1.807) is 6.92 Å². The molecule has 0 amide bonds. The minimum Gasteiger partial charge on any atom is -0.481 e. The van der Waals surface area contributed by atoms with E-state index in [1.807, 2.05) is 7.05 Å². The summed E-state index contributed by atoms with van der Waals surface area (Å²) in [5.41, 5.74) is 2.72. The van der Waals surface area contributed by atoms with Crippen LogP contribution in [0.4, 0.5) is 0 Å². The van der Waals surface area contributed by atoms with E-state index in [9.17, 15) is 4.79 Å². The minimum absolute atomic E-state index is 0.322. The molecule has 3 nitrogen and oxygen atoms in total. The van der Waals surface area contributed by atoms with Gasteiger partial charge in [-0.3, -0.25) is 4.79 Å². The molecule has 1 unspecified atom stereocenters. The predicted octanol–water partition coefficient (Wildman–Crippen LogP) is 3.50. The number of carboxylic acids is 1. The maximum absolute atomic E-state index is 10.9. The van der Waals surface area contributed by atoms with Gasteiger partial charge >= 0.3 is 5.97 Å². The van der Waals surface area contributed by atoms with Crippen molar-refractivity contribution < 1.29 is 9.90 Å². The summed E-state index contributed by atoms with van der Waals surface area (Å²) in [4.78, 5) is 12.9. The molecule has 110 valence electrons. The van der Waals surface area contributed by atoms with Crippen LogP contribution in [-0.2, 0) is 11.3 Å². The standard InChI is InChI=1S/C17H25NO2/c1-13(17(19)20)11-18(2)12-14-7-9-16(10-8-14)15-5-3-4-6-15/h7-10,13,15H,3-6,11-12H2,1-2H3,(H,19,20). The molecule has 0 aromatic heterocycles. The number of rotatable bonds is 6. The highest BCUT2D eigenvalue weighted by Gasteiger charge is 2.17. The Labute approximate surface area is 121 Å².